The molecule has 4 aromatic carbocycles. The molecule has 0 heterocycles. The molecule has 0 aromatic heterocycles. The molecule has 1 unspecified atom stereocenters. The van der Waals surface area contributed by atoms with Crippen LogP contribution in [0.3, 0.4) is 0 Å². The van der Waals surface area contributed by atoms with E-state index >= 15 is 0 Å². The highest BCUT2D eigenvalue weighted by molar-refractivity contribution is 6.30. The fourth-order valence-corrected chi connectivity index (χ4v) is 4.78. The molecule has 1 atom stereocenters. The van der Waals surface area contributed by atoms with E-state index in [1.807, 2.05) is 72.8 Å². The summed E-state index contributed by atoms with van der Waals surface area (Å²) in [7, 11) is 4.73. The maximum absolute atomic E-state index is 14.1. The molecule has 0 aliphatic heterocycles. The van der Waals surface area contributed by atoms with Crippen LogP contribution < -0.4 is 19.5 Å². The van der Waals surface area contributed by atoms with Gasteiger partial charge in [0.05, 0.1) is 27.8 Å². The Bertz CT molecular complexity index is 1460. The topological polar surface area (TPSA) is 77.1 Å². The highest BCUT2D eigenvalue weighted by atomic mass is 35.5. The fourth-order valence-electron chi connectivity index (χ4n) is 4.66. The lowest BCUT2D eigenvalue weighted by atomic mass is 10.0. The SMILES string of the molecule is COc1ccc(CNC(=O)C(Cc2ccccc2)N(Cc2ccc(Cl)cc2)C(=O)Cc2ccc(OC)c(OC)c2)cc1. The Labute approximate surface area is 252 Å². The Balaban J connectivity index is 1.65. The Morgan fingerprint density at radius 1 is 0.738 bits per heavy atom. The fraction of sp³-hybridized carbons (Fsp3) is 0.235. The highest BCUT2D eigenvalue weighted by Crippen LogP contribution is 2.28. The van der Waals surface area contributed by atoms with Crippen LogP contribution in [0.4, 0.5) is 0 Å². The monoisotopic (exact) mass is 586 g/mol. The lowest BCUT2D eigenvalue weighted by Crippen LogP contribution is -2.50. The minimum Gasteiger partial charge on any atom is -0.497 e. The zero-order valence-corrected chi connectivity index (χ0v) is 24.8. The van der Waals surface area contributed by atoms with Crippen LogP contribution in [0.1, 0.15) is 22.3 Å². The number of hydrogen-bond donors (Lipinski definition) is 1. The number of ether oxygens (including phenoxy) is 3. The summed E-state index contributed by atoms with van der Waals surface area (Å²) in [5.74, 6) is 1.40. The normalized spacial score (nSPS) is 11.3. The number of methoxy groups -OCH3 is 3. The Morgan fingerprint density at radius 2 is 1.38 bits per heavy atom. The molecule has 2 amide bonds. The number of carbonyl (C=O) groups is 2. The van der Waals surface area contributed by atoms with Gasteiger partial charge in [0.25, 0.3) is 0 Å². The van der Waals surface area contributed by atoms with Gasteiger partial charge in [-0.2, -0.15) is 0 Å². The number of nitrogens with zero attached hydrogens (tertiary/aromatic N) is 1. The summed E-state index contributed by atoms with van der Waals surface area (Å²) >= 11 is 6.14. The minimum absolute atomic E-state index is 0.0744. The molecule has 0 spiro atoms. The van der Waals surface area contributed by atoms with Crippen LogP contribution in [0.2, 0.25) is 5.02 Å². The van der Waals surface area contributed by atoms with Crippen molar-refractivity contribution in [3.63, 3.8) is 0 Å². The lowest BCUT2D eigenvalue weighted by molar-refractivity contribution is -0.140. The number of carbonyl (C=O) groups excluding carboxylic acids is 2. The predicted octanol–water partition coefficient (Wildman–Crippen LogP) is 5.86. The molecule has 4 rings (SSSR count). The van der Waals surface area contributed by atoms with Crippen LogP contribution in [0, 0.1) is 0 Å². The van der Waals surface area contributed by atoms with Gasteiger partial charge < -0.3 is 24.4 Å². The smallest absolute Gasteiger partial charge is 0.243 e. The number of rotatable bonds is 13. The molecule has 0 saturated heterocycles. The molecule has 8 heteroatoms. The zero-order chi connectivity index (χ0) is 29.9. The first-order valence-electron chi connectivity index (χ1n) is 13.6. The molecular weight excluding hydrogens is 552 g/mol. The molecule has 0 radical (unpaired) electrons. The molecule has 0 aliphatic rings. The first-order valence-corrected chi connectivity index (χ1v) is 14.0. The van der Waals surface area contributed by atoms with Crippen LogP contribution in [0.15, 0.2) is 97.1 Å². The maximum Gasteiger partial charge on any atom is 0.243 e. The van der Waals surface area contributed by atoms with E-state index in [2.05, 4.69) is 5.32 Å². The number of nitrogens with one attached hydrogen (secondary N) is 1. The van der Waals surface area contributed by atoms with Crippen LogP contribution >= 0.6 is 11.6 Å². The predicted molar refractivity (Wildman–Crippen MR) is 164 cm³/mol. The van der Waals surface area contributed by atoms with Gasteiger partial charge in [-0.25, -0.2) is 0 Å². The third-order valence-corrected chi connectivity index (χ3v) is 7.22. The standard InChI is InChI=1S/C34H35ClN2O5/c1-40-29-16-11-25(12-17-29)22-36-34(39)30(19-24-7-5-4-6-8-24)37(23-26-9-14-28(35)15-10-26)33(38)21-27-13-18-31(41-2)32(20-27)42-3/h4-18,20,30H,19,21-23H2,1-3H3,(H,36,39). The number of hydrogen-bond acceptors (Lipinski definition) is 5. The quantitative estimate of drug-likeness (QED) is 0.212. The number of halogens is 1. The highest BCUT2D eigenvalue weighted by Gasteiger charge is 2.30. The van der Waals surface area contributed by atoms with E-state index in [1.54, 1.807) is 50.5 Å². The second-order valence-electron chi connectivity index (χ2n) is 9.79. The van der Waals surface area contributed by atoms with Gasteiger partial charge in [0.1, 0.15) is 11.8 Å². The van der Waals surface area contributed by atoms with Gasteiger partial charge in [0.2, 0.25) is 11.8 Å². The Morgan fingerprint density at radius 3 is 2.02 bits per heavy atom. The molecule has 4 aromatic rings. The summed E-state index contributed by atoms with van der Waals surface area (Å²) in [5.41, 5.74) is 3.47. The summed E-state index contributed by atoms with van der Waals surface area (Å²) in [6, 6.07) is 29.1. The number of amides is 2. The van der Waals surface area contributed by atoms with Gasteiger partial charge in [-0.05, 0) is 58.7 Å². The second-order valence-corrected chi connectivity index (χ2v) is 10.2. The third kappa shape index (κ3) is 8.27. The van der Waals surface area contributed by atoms with E-state index in [0.29, 0.717) is 29.5 Å². The summed E-state index contributed by atoms with van der Waals surface area (Å²) in [4.78, 5) is 29.6. The number of benzene rings is 4. The van der Waals surface area contributed by atoms with Gasteiger partial charge in [-0.15, -0.1) is 0 Å². The summed E-state index contributed by atoms with van der Waals surface area (Å²) in [6.45, 7) is 0.545. The molecular formula is C34H35ClN2O5. The van der Waals surface area contributed by atoms with Crippen LogP contribution in [0.5, 0.6) is 17.2 Å². The maximum atomic E-state index is 14.1. The second kappa shape index (κ2) is 14.9. The van der Waals surface area contributed by atoms with Gasteiger partial charge in [-0.3, -0.25) is 9.59 Å². The van der Waals surface area contributed by atoms with E-state index in [0.717, 1.165) is 28.0 Å². The van der Waals surface area contributed by atoms with Crippen LogP contribution in [0.25, 0.3) is 0 Å². The van der Waals surface area contributed by atoms with Crippen molar-refractivity contribution in [2.45, 2.75) is 32.0 Å². The van der Waals surface area contributed by atoms with E-state index in [1.165, 1.54) is 0 Å². The van der Waals surface area contributed by atoms with Crippen molar-refractivity contribution in [3.8, 4) is 17.2 Å². The van der Waals surface area contributed by atoms with Gasteiger partial charge in [0.15, 0.2) is 11.5 Å². The van der Waals surface area contributed by atoms with Crippen molar-refractivity contribution >= 4 is 23.4 Å². The van der Waals surface area contributed by atoms with Crippen molar-refractivity contribution in [1.82, 2.24) is 10.2 Å². The molecule has 0 bridgehead atoms. The summed E-state index contributed by atoms with van der Waals surface area (Å²) in [5, 5.41) is 3.65. The largest absolute Gasteiger partial charge is 0.497 e. The van der Waals surface area contributed by atoms with Crippen molar-refractivity contribution in [2.24, 2.45) is 0 Å². The molecule has 0 saturated carbocycles. The third-order valence-electron chi connectivity index (χ3n) is 6.97. The van der Waals surface area contributed by atoms with Gasteiger partial charge in [-0.1, -0.05) is 72.3 Å². The average molecular weight is 587 g/mol. The van der Waals surface area contributed by atoms with Crippen molar-refractivity contribution in [1.29, 1.82) is 0 Å². The Kier molecular flexibility index (Phi) is 10.8. The molecule has 218 valence electrons. The van der Waals surface area contributed by atoms with Crippen LogP contribution in [-0.2, 0) is 35.5 Å². The molecule has 7 nitrogen and oxygen atoms in total. The van der Waals surface area contributed by atoms with E-state index < -0.39 is 6.04 Å². The van der Waals surface area contributed by atoms with Crippen molar-refractivity contribution in [3.05, 3.63) is 124 Å². The van der Waals surface area contributed by atoms with E-state index in [4.69, 9.17) is 25.8 Å². The molecule has 42 heavy (non-hydrogen) atoms. The Hall–Kier alpha value is -4.49. The summed E-state index contributed by atoms with van der Waals surface area (Å²) in [6.07, 6.45) is 0.422. The molecule has 0 fully saturated rings. The van der Waals surface area contributed by atoms with Gasteiger partial charge in [0, 0.05) is 24.5 Å². The molecule has 1 N–H and O–H groups in total. The summed E-state index contributed by atoms with van der Waals surface area (Å²) < 4.78 is 16.0. The molecule has 0 aliphatic carbocycles. The first kappa shape index (κ1) is 30.5. The van der Waals surface area contributed by atoms with Crippen molar-refractivity contribution in [2.75, 3.05) is 21.3 Å². The average Bonchev–Trinajstić information content (AvgIpc) is 3.03. The van der Waals surface area contributed by atoms with Crippen LogP contribution in [-0.4, -0.2) is 44.1 Å². The first-order chi connectivity index (χ1) is 20.4. The van der Waals surface area contributed by atoms with E-state index in [9.17, 15) is 9.59 Å². The van der Waals surface area contributed by atoms with E-state index in [-0.39, 0.29) is 24.8 Å². The lowest BCUT2D eigenvalue weighted by Gasteiger charge is -2.32. The zero-order valence-electron chi connectivity index (χ0n) is 24.0. The minimum atomic E-state index is -0.769. The van der Waals surface area contributed by atoms with Crippen molar-refractivity contribution < 1.29 is 23.8 Å². The van der Waals surface area contributed by atoms with Gasteiger partial charge >= 0.3 is 0 Å².